The molecule has 0 bridgehead atoms. The van der Waals surface area contributed by atoms with Crippen molar-refractivity contribution in [1.29, 1.82) is 0 Å². The fourth-order valence-electron chi connectivity index (χ4n) is 3.23. The lowest BCUT2D eigenvalue weighted by Gasteiger charge is -2.36. The van der Waals surface area contributed by atoms with Gasteiger partial charge in [-0.15, -0.1) is 0 Å². The molecule has 22 heavy (non-hydrogen) atoms. The predicted molar refractivity (Wildman–Crippen MR) is 88.4 cm³/mol. The Labute approximate surface area is 133 Å². The third-order valence-corrected chi connectivity index (χ3v) is 4.44. The van der Waals surface area contributed by atoms with Crippen molar-refractivity contribution in [2.24, 2.45) is 0 Å². The maximum absolute atomic E-state index is 12.6. The highest BCUT2D eigenvalue weighted by atomic mass is 16.3. The summed E-state index contributed by atoms with van der Waals surface area (Å²) in [4.78, 5) is 16.7. The molecular weight excluding hydrogens is 276 g/mol. The van der Waals surface area contributed by atoms with Crippen LogP contribution in [0.15, 0.2) is 30.3 Å². The van der Waals surface area contributed by atoms with E-state index in [1.165, 1.54) is 12.0 Å². The fraction of sp³-hybridized carbons (Fsp3) is 0.611. The third kappa shape index (κ3) is 4.82. The van der Waals surface area contributed by atoms with Gasteiger partial charge in [0.1, 0.15) is 0 Å². The molecule has 0 spiro atoms. The van der Waals surface area contributed by atoms with Crippen LogP contribution < -0.4 is 0 Å². The number of hydrogen-bond donors (Lipinski definition) is 1. The molecule has 0 saturated carbocycles. The number of rotatable bonds is 7. The number of nitrogens with zero attached hydrogens (tertiary/aromatic N) is 2. The lowest BCUT2D eigenvalue weighted by atomic mass is 10.00. The standard InChI is InChI=1S/C18H28N2O2/c1-2-17-10-6-7-11-20(17)18(22)15-19(12-13-21)14-16-8-4-3-5-9-16/h3-5,8-9,17,21H,2,6-7,10-15H2,1H3/t17-/m1/s1. The van der Waals surface area contributed by atoms with Gasteiger partial charge < -0.3 is 10.0 Å². The van der Waals surface area contributed by atoms with Crippen LogP contribution in [0.25, 0.3) is 0 Å². The number of hydrogen-bond acceptors (Lipinski definition) is 3. The number of likely N-dealkylation sites (tertiary alicyclic amines) is 1. The first kappa shape index (κ1) is 17.0. The number of aliphatic hydroxyl groups is 1. The van der Waals surface area contributed by atoms with E-state index in [2.05, 4.69) is 24.0 Å². The van der Waals surface area contributed by atoms with Crippen molar-refractivity contribution in [3.63, 3.8) is 0 Å². The summed E-state index contributed by atoms with van der Waals surface area (Å²) in [5.74, 6) is 0.205. The van der Waals surface area contributed by atoms with Gasteiger partial charge in [0.15, 0.2) is 0 Å². The summed E-state index contributed by atoms with van der Waals surface area (Å²) in [7, 11) is 0. The van der Waals surface area contributed by atoms with E-state index >= 15 is 0 Å². The molecule has 1 N–H and O–H groups in total. The number of piperidine rings is 1. The molecule has 122 valence electrons. The van der Waals surface area contributed by atoms with Gasteiger partial charge in [-0.3, -0.25) is 9.69 Å². The average molecular weight is 304 g/mol. The first-order chi connectivity index (χ1) is 10.7. The highest BCUT2D eigenvalue weighted by Gasteiger charge is 2.26. The number of carbonyl (C=O) groups excluding carboxylic acids is 1. The molecular formula is C18H28N2O2. The second kappa shape index (κ2) is 8.91. The Morgan fingerprint density at radius 3 is 2.77 bits per heavy atom. The maximum Gasteiger partial charge on any atom is 0.237 e. The van der Waals surface area contributed by atoms with Crippen LogP contribution in [0, 0.1) is 0 Å². The summed E-state index contributed by atoms with van der Waals surface area (Å²) < 4.78 is 0. The molecule has 0 radical (unpaired) electrons. The van der Waals surface area contributed by atoms with Crippen molar-refractivity contribution >= 4 is 5.91 Å². The molecule has 0 aliphatic carbocycles. The van der Waals surface area contributed by atoms with Gasteiger partial charge in [0.05, 0.1) is 13.2 Å². The van der Waals surface area contributed by atoms with E-state index < -0.39 is 0 Å². The Kier molecular flexibility index (Phi) is 6.87. The van der Waals surface area contributed by atoms with Crippen molar-refractivity contribution < 1.29 is 9.90 Å². The van der Waals surface area contributed by atoms with E-state index in [0.29, 0.717) is 25.7 Å². The van der Waals surface area contributed by atoms with Crippen LogP contribution in [0.4, 0.5) is 0 Å². The van der Waals surface area contributed by atoms with E-state index in [9.17, 15) is 9.90 Å². The lowest BCUT2D eigenvalue weighted by Crippen LogP contribution is -2.48. The number of aliphatic hydroxyl groups excluding tert-OH is 1. The van der Waals surface area contributed by atoms with Gasteiger partial charge in [0.2, 0.25) is 5.91 Å². The molecule has 1 fully saturated rings. The van der Waals surface area contributed by atoms with E-state index in [1.807, 2.05) is 23.1 Å². The summed E-state index contributed by atoms with van der Waals surface area (Å²) in [6.07, 6.45) is 4.50. The molecule has 4 heteroatoms. The van der Waals surface area contributed by atoms with Gasteiger partial charge in [-0.2, -0.15) is 0 Å². The van der Waals surface area contributed by atoms with Crippen molar-refractivity contribution in [3.8, 4) is 0 Å². The molecule has 4 nitrogen and oxygen atoms in total. The minimum Gasteiger partial charge on any atom is -0.395 e. The van der Waals surface area contributed by atoms with Gasteiger partial charge >= 0.3 is 0 Å². The third-order valence-electron chi connectivity index (χ3n) is 4.44. The second-order valence-electron chi connectivity index (χ2n) is 6.06. The normalized spacial score (nSPS) is 18.7. The molecule has 0 unspecified atom stereocenters. The van der Waals surface area contributed by atoms with Crippen molar-refractivity contribution in [1.82, 2.24) is 9.80 Å². The highest BCUT2D eigenvalue weighted by molar-refractivity contribution is 5.78. The minimum absolute atomic E-state index is 0.0807. The van der Waals surface area contributed by atoms with Gasteiger partial charge in [-0.1, -0.05) is 37.3 Å². The first-order valence-corrected chi connectivity index (χ1v) is 8.41. The second-order valence-corrected chi connectivity index (χ2v) is 6.06. The monoisotopic (exact) mass is 304 g/mol. The summed E-state index contributed by atoms with van der Waals surface area (Å²) in [6.45, 7) is 4.76. The van der Waals surface area contributed by atoms with Crippen LogP contribution in [-0.4, -0.2) is 53.1 Å². The number of amides is 1. The Hall–Kier alpha value is -1.39. The van der Waals surface area contributed by atoms with Gasteiger partial charge in [0, 0.05) is 25.7 Å². The highest BCUT2D eigenvalue weighted by Crippen LogP contribution is 2.20. The smallest absolute Gasteiger partial charge is 0.237 e. The van der Waals surface area contributed by atoms with Crippen molar-refractivity contribution in [2.75, 3.05) is 26.2 Å². The maximum atomic E-state index is 12.6. The Bertz CT molecular complexity index is 450. The van der Waals surface area contributed by atoms with Gasteiger partial charge in [-0.25, -0.2) is 0 Å². The zero-order chi connectivity index (χ0) is 15.8. The Morgan fingerprint density at radius 1 is 1.32 bits per heavy atom. The molecule has 1 aromatic rings. The molecule has 1 amide bonds. The number of benzene rings is 1. The topological polar surface area (TPSA) is 43.8 Å². The van der Waals surface area contributed by atoms with Crippen molar-refractivity contribution in [2.45, 2.75) is 45.2 Å². The van der Waals surface area contributed by atoms with Crippen LogP contribution in [-0.2, 0) is 11.3 Å². The van der Waals surface area contributed by atoms with Gasteiger partial charge in [0.25, 0.3) is 0 Å². The summed E-state index contributed by atoms with van der Waals surface area (Å²) in [5, 5.41) is 9.27. The van der Waals surface area contributed by atoms with Crippen LogP contribution in [0.5, 0.6) is 0 Å². The molecule has 1 aliphatic rings. The summed E-state index contributed by atoms with van der Waals surface area (Å²) in [6, 6.07) is 10.5. The molecule has 2 rings (SSSR count). The van der Waals surface area contributed by atoms with E-state index in [0.717, 1.165) is 25.8 Å². The minimum atomic E-state index is 0.0807. The molecule has 1 aromatic carbocycles. The zero-order valence-corrected chi connectivity index (χ0v) is 13.6. The van der Waals surface area contributed by atoms with Crippen LogP contribution in [0.2, 0.25) is 0 Å². The fourth-order valence-corrected chi connectivity index (χ4v) is 3.23. The van der Waals surface area contributed by atoms with E-state index in [4.69, 9.17) is 0 Å². The van der Waals surface area contributed by atoms with Crippen LogP contribution >= 0.6 is 0 Å². The molecule has 1 heterocycles. The first-order valence-electron chi connectivity index (χ1n) is 8.41. The quantitative estimate of drug-likeness (QED) is 0.840. The molecule has 1 saturated heterocycles. The molecule has 1 atom stereocenters. The molecule has 1 aliphatic heterocycles. The SMILES string of the molecule is CC[C@@H]1CCCCN1C(=O)CN(CCO)Cc1ccccc1. The number of carbonyl (C=O) groups is 1. The van der Waals surface area contributed by atoms with Crippen LogP contribution in [0.1, 0.15) is 38.2 Å². The van der Waals surface area contributed by atoms with Crippen LogP contribution in [0.3, 0.4) is 0 Å². The predicted octanol–water partition coefficient (Wildman–Crippen LogP) is 2.27. The van der Waals surface area contributed by atoms with E-state index in [1.54, 1.807) is 0 Å². The summed E-state index contributed by atoms with van der Waals surface area (Å²) in [5.41, 5.74) is 1.18. The largest absolute Gasteiger partial charge is 0.395 e. The average Bonchev–Trinajstić information content (AvgIpc) is 2.56. The lowest BCUT2D eigenvalue weighted by molar-refractivity contribution is -0.136. The van der Waals surface area contributed by atoms with E-state index in [-0.39, 0.29) is 12.5 Å². The zero-order valence-electron chi connectivity index (χ0n) is 13.6. The van der Waals surface area contributed by atoms with Crippen molar-refractivity contribution in [3.05, 3.63) is 35.9 Å². The Balaban J connectivity index is 1.95. The summed E-state index contributed by atoms with van der Waals surface area (Å²) >= 11 is 0. The molecule has 0 aromatic heterocycles. The Morgan fingerprint density at radius 2 is 2.09 bits per heavy atom. The van der Waals surface area contributed by atoms with Gasteiger partial charge in [-0.05, 0) is 31.2 Å².